The monoisotopic (exact) mass is 334 g/mol. The summed E-state index contributed by atoms with van der Waals surface area (Å²) in [7, 11) is 0. The van der Waals surface area contributed by atoms with Crippen molar-refractivity contribution in [2.75, 3.05) is 37.6 Å². The maximum Gasteiger partial charge on any atom is 0.321 e. The Hall–Kier alpha value is -2.15. The number of carbonyl (C=O) groups is 2. The van der Waals surface area contributed by atoms with E-state index < -0.39 is 11.7 Å². The highest BCUT2D eigenvalue weighted by molar-refractivity contribution is 5.98. The summed E-state index contributed by atoms with van der Waals surface area (Å²) in [5.74, 6) is -0.448. The molecule has 2 aliphatic rings. The minimum absolute atomic E-state index is 0.0195. The highest BCUT2D eigenvalue weighted by atomic mass is 19.1. The molecule has 0 aromatic heterocycles. The number of piperidine rings is 1. The van der Waals surface area contributed by atoms with E-state index in [1.54, 1.807) is 0 Å². The van der Waals surface area contributed by atoms with Gasteiger partial charge >= 0.3 is 6.03 Å². The molecular formula is C17H23FN4O2. The van der Waals surface area contributed by atoms with Crippen molar-refractivity contribution < 1.29 is 14.0 Å². The van der Waals surface area contributed by atoms with E-state index in [0.29, 0.717) is 31.2 Å². The van der Waals surface area contributed by atoms with Crippen molar-refractivity contribution >= 4 is 17.6 Å². The number of urea groups is 1. The van der Waals surface area contributed by atoms with E-state index in [4.69, 9.17) is 0 Å². The molecule has 0 aliphatic carbocycles. The molecule has 1 aromatic carbocycles. The highest BCUT2D eigenvalue weighted by Crippen LogP contribution is 2.21. The molecule has 0 saturated carbocycles. The van der Waals surface area contributed by atoms with Gasteiger partial charge in [0, 0.05) is 25.3 Å². The second-order valence-corrected chi connectivity index (χ2v) is 6.30. The Morgan fingerprint density at radius 1 is 1.38 bits per heavy atom. The van der Waals surface area contributed by atoms with Gasteiger partial charge in [-0.2, -0.15) is 0 Å². The molecule has 0 bridgehead atoms. The molecule has 3 amide bonds. The first-order valence-electron chi connectivity index (χ1n) is 8.49. The third-order valence-corrected chi connectivity index (χ3v) is 4.60. The molecule has 3 rings (SSSR count). The first-order valence-corrected chi connectivity index (χ1v) is 8.49. The van der Waals surface area contributed by atoms with Crippen LogP contribution in [0.25, 0.3) is 0 Å². The van der Waals surface area contributed by atoms with Crippen LogP contribution in [0.1, 0.15) is 29.6 Å². The Bertz CT molecular complexity index is 617. The molecule has 24 heavy (non-hydrogen) atoms. The fraction of sp³-hybridized carbons (Fsp3) is 0.529. The van der Waals surface area contributed by atoms with Crippen LogP contribution >= 0.6 is 0 Å². The lowest BCUT2D eigenvalue weighted by Crippen LogP contribution is -2.33. The molecule has 2 heterocycles. The molecule has 1 aromatic rings. The number of anilines is 1. The molecular weight excluding hydrogens is 311 g/mol. The van der Waals surface area contributed by atoms with Crippen molar-refractivity contribution in [1.29, 1.82) is 0 Å². The third kappa shape index (κ3) is 3.84. The molecule has 3 N–H and O–H groups in total. The smallest absolute Gasteiger partial charge is 0.321 e. The quantitative estimate of drug-likeness (QED) is 0.763. The first kappa shape index (κ1) is 16.7. The van der Waals surface area contributed by atoms with Gasteiger partial charge < -0.3 is 16.0 Å². The number of benzene rings is 1. The van der Waals surface area contributed by atoms with Crippen LogP contribution in [0.4, 0.5) is 14.9 Å². The molecule has 2 saturated heterocycles. The summed E-state index contributed by atoms with van der Waals surface area (Å²) < 4.78 is 14.0. The van der Waals surface area contributed by atoms with Crippen LogP contribution in [0, 0.1) is 11.7 Å². The van der Waals surface area contributed by atoms with Crippen LogP contribution in [-0.2, 0) is 0 Å². The van der Waals surface area contributed by atoms with E-state index in [0.717, 1.165) is 32.4 Å². The summed E-state index contributed by atoms with van der Waals surface area (Å²) in [4.78, 5) is 25.5. The van der Waals surface area contributed by atoms with Gasteiger partial charge in [-0.1, -0.05) is 0 Å². The van der Waals surface area contributed by atoms with Gasteiger partial charge in [0.15, 0.2) is 0 Å². The van der Waals surface area contributed by atoms with Crippen LogP contribution in [0.3, 0.4) is 0 Å². The fourth-order valence-corrected chi connectivity index (χ4v) is 3.23. The van der Waals surface area contributed by atoms with Gasteiger partial charge in [-0.15, -0.1) is 0 Å². The molecule has 1 atom stereocenters. The van der Waals surface area contributed by atoms with Crippen LogP contribution in [0.5, 0.6) is 0 Å². The molecule has 2 aliphatic heterocycles. The van der Waals surface area contributed by atoms with E-state index in [1.165, 1.54) is 23.1 Å². The van der Waals surface area contributed by atoms with Gasteiger partial charge in [0.25, 0.3) is 5.91 Å². The normalized spacial score (nSPS) is 20.8. The highest BCUT2D eigenvalue weighted by Gasteiger charge is 2.23. The average Bonchev–Trinajstić information content (AvgIpc) is 3.02. The van der Waals surface area contributed by atoms with Gasteiger partial charge in [0.05, 0.1) is 5.56 Å². The second kappa shape index (κ2) is 7.61. The Kier molecular flexibility index (Phi) is 5.30. The van der Waals surface area contributed by atoms with Gasteiger partial charge in [-0.05, 0) is 56.5 Å². The standard InChI is InChI=1S/C17H23FN4O2/c18-15-4-3-13(22-9-8-21-17(22)24)10-14(15)16(23)20-7-5-12-2-1-6-19-11-12/h3-4,10,12,19H,1-2,5-9,11H2,(H,20,23)(H,21,24). The van der Waals surface area contributed by atoms with Crippen molar-refractivity contribution in [3.05, 3.63) is 29.6 Å². The van der Waals surface area contributed by atoms with Crippen LogP contribution in [0.15, 0.2) is 18.2 Å². The van der Waals surface area contributed by atoms with Crippen molar-refractivity contribution in [3.63, 3.8) is 0 Å². The number of nitrogens with zero attached hydrogens (tertiary/aromatic N) is 1. The topological polar surface area (TPSA) is 73.5 Å². The van der Waals surface area contributed by atoms with Crippen molar-refractivity contribution in [2.45, 2.75) is 19.3 Å². The molecule has 0 spiro atoms. The summed E-state index contributed by atoms with van der Waals surface area (Å²) in [6, 6.07) is 3.97. The Balaban J connectivity index is 1.60. The number of hydrogen-bond donors (Lipinski definition) is 3. The van der Waals surface area contributed by atoms with E-state index in [9.17, 15) is 14.0 Å². The van der Waals surface area contributed by atoms with Gasteiger partial charge in [0.1, 0.15) is 5.82 Å². The number of carbonyl (C=O) groups excluding carboxylic acids is 2. The zero-order valence-corrected chi connectivity index (χ0v) is 13.6. The molecule has 6 nitrogen and oxygen atoms in total. The summed E-state index contributed by atoms with van der Waals surface area (Å²) in [6.07, 6.45) is 3.21. The van der Waals surface area contributed by atoms with Gasteiger partial charge in [-0.3, -0.25) is 9.69 Å². The largest absolute Gasteiger partial charge is 0.352 e. The van der Waals surface area contributed by atoms with Crippen LogP contribution < -0.4 is 20.9 Å². The SMILES string of the molecule is O=C(NCCC1CCCNC1)c1cc(N2CCNC2=O)ccc1F. The van der Waals surface area contributed by atoms with Gasteiger partial charge in [-0.25, -0.2) is 9.18 Å². The predicted octanol–water partition coefficient (Wildman–Crippen LogP) is 1.47. The zero-order valence-electron chi connectivity index (χ0n) is 13.6. The maximum absolute atomic E-state index is 14.0. The van der Waals surface area contributed by atoms with E-state index in [2.05, 4.69) is 16.0 Å². The van der Waals surface area contributed by atoms with Crippen molar-refractivity contribution in [1.82, 2.24) is 16.0 Å². The number of halogens is 1. The summed E-state index contributed by atoms with van der Waals surface area (Å²) in [6.45, 7) is 3.63. The van der Waals surface area contributed by atoms with Crippen LogP contribution in [0.2, 0.25) is 0 Å². The Labute approximate surface area is 140 Å². The fourth-order valence-electron chi connectivity index (χ4n) is 3.23. The van der Waals surface area contributed by atoms with E-state index in [1.807, 2.05) is 0 Å². The number of rotatable bonds is 5. The summed E-state index contributed by atoms with van der Waals surface area (Å²) in [5, 5.41) is 8.82. The van der Waals surface area contributed by atoms with Gasteiger partial charge in [0.2, 0.25) is 0 Å². The lowest BCUT2D eigenvalue weighted by molar-refractivity contribution is 0.0946. The van der Waals surface area contributed by atoms with E-state index in [-0.39, 0.29) is 11.6 Å². The lowest BCUT2D eigenvalue weighted by atomic mass is 9.96. The predicted molar refractivity (Wildman–Crippen MR) is 89.7 cm³/mol. The molecule has 130 valence electrons. The van der Waals surface area contributed by atoms with Crippen molar-refractivity contribution in [2.24, 2.45) is 5.92 Å². The minimum Gasteiger partial charge on any atom is -0.352 e. The third-order valence-electron chi connectivity index (χ3n) is 4.60. The van der Waals surface area contributed by atoms with Crippen molar-refractivity contribution in [3.8, 4) is 0 Å². The number of amides is 3. The first-order chi connectivity index (χ1) is 11.6. The summed E-state index contributed by atoms with van der Waals surface area (Å²) in [5.41, 5.74) is 0.516. The molecule has 2 fully saturated rings. The van der Waals surface area contributed by atoms with Crippen LogP contribution in [-0.4, -0.2) is 44.7 Å². The maximum atomic E-state index is 14.0. The Morgan fingerprint density at radius 2 is 2.25 bits per heavy atom. The zero-order chi connectivity index (χ0) is 16.9. The van der Waals surface area contributed by atoms with E-state index >= 15 is 0 Å². The lowest BCUT2D eigenvalue weighted by Gasteiger charge is -2.22. The minimum atomic E-state index is -0.574. The average molecular weight is 334 g/mol. The number of nitrogens with one attached hydrogen (secondary N) is 3. The number of hydrogen-bond acceptors (Lipinski definition) is 3. The Morgan fingerprint density at radius 3 is 2.96 bits per heavy atom. The molecule has 0 radical (unpaired) electrons. The summed E-state index contributed by atoms with van der Waals surface area (Å²) >= 11 is 0. The molecule has 7 heteroatoms. The molecule has 1 unspecified atom stereocenters. The second-order valence-electron chi connectivity index (χ2n) is 6.30.